The number of ether oxygens (including phenoxy) is 4. The number of carboxylic acids is 1. The largest absolute Gasteiger partial charge is 0.493 e. The first kappa shape index (κ1) is 27.3. The topological polar surface area (TPSA) is 109 Å². The number of pyridine rings is 2. The van der Waals surface area contributed by atoms with Crippen LogP contribution in [0, 0.1) is 0 Å². The highest BCUT2D eigenvalue weighted by Crippen LogP contribution is 2.43. The van der Waals surface area contributed by atoms with E-state index in [0.717, 1.165) is 5.56 Å². The van der Waals surface area contributed by atoms with E-state index in [9.17, 15) is 14.7 Å². The number of carboxylic acid groups (broad SMARTS) is 1. The second kappa shape index (κ2) is 11.8. The van der Waals surface area contributed by atoms with Gasteiger partial charge in [-0.2, -0.15) is 0 Å². The Labute approximate surface area is 236 Å². The van der Waals surface area contributed by atoms with Gasteiger partial charge in [0.2, 0.25) is 5.75 Å². The summed E-state index contributed by atoms with van der Waals surface area (Å²) in [5.74, 6) is 0.268. The predicted molar refractivity (Wildman–Crippen MR) is 154 cm³/mol. The number of methoxy groups -OCH3 is 3. The summed E-state index contributed by atoms with van der Waals surface area (Å²) >= 11 is 0. The number of hydrogen-bond donors (Lipinski definition) is 1. The molecule has 5 aromatic rings. The highest BCUT2D eigenvalue weighted by Gasteiger charge is 2.26. The maximum Gasteiger partial charge on any atom is 0.353 e. The maximum atomic E-state index is 14.0. The standard InChI is InChI=1S/C32H28N2O7/c1-38-26-14-22(15-27(39-2)30(26)40-3)28-24-12-11-23(41-19-20-8-5-4-6-9-20)16-25(24)31(35)34(29(28)32(36)37)18-21-10-7-13-33-17-21/h4-17H,18-19H2,1-3H3,(H,36,37). The quantitative estimate of drug-likeness (QED) is 0.245. The number of aromatic carboxylic acids is 1. The smallest absolute Gasteiger partial charge is 0.353 e. The van der Waals surface area contributed by atoms with Gasteiger partial charge >= 0.3 is 5.97 Å². The lowest BCUT2D eigenvalue weighted by Gasteiger charge is -2.20. The summed E-state index contributed by atoms with van der Waals surface area (Å²) in [6.07, 6.45) is 3.21. The molecule has 0 aliphatic carbocycles. The van der Waals surface area contributed by atoms with Gasteiger partial charge in [-0.1, -0.05) is 36.4 Å². The van der Waals surface area contributed by atoms with Crippen molar-refractivity contribution in [2.24, 2.45) is 0 Å². The van der Waals surface area contributed by atoms with Crippen molar-refractivity contribution in [3.8, 4) is 34.1 Å². The Morgan fingerprint density at radius 3 is 2.17 bits per heavy atom. The number of carbonyl (C=O) groups is 1. The number of fused-ring (bicyclic) bond motifs is 1. The monoisotopic (exact) mass is 552 g/mol. The molecule has 208 valence electrons. The van der Waals surface area contributed by atoms with E-state index < -0.39 is 11.5 Å². The van der Waals surface area contributed by atoms with Gasteiger partial charge in [-0.15, -0.1) is 0 Å². The molecule has 0 saturated carbocycles. The zero-order valence-corrected chi connectivity index (χ0v) is 22.8. The van der Waals surface area contributed by atoms with E-state index in [1.54, 1.807) is 54.9 Å². The van der Waals surface area contributed by atoms with Gasteiger partial charge in [0.1, 0.15) is 18.1 Å². The lowest BCUT2D eigenvalue weighted by molar-refractivity contribution is 0.0685. The Morgan fingerprint density at radius 2 is 1.56 bits per heavy atom. The van der Waals surface area contributed by atoms with Gasteiger partial charge in [-0.25, -0.2) is 4.79 Å². The highest BCUT2D eigenvalue weighted by atomic mass is 16.5. The van der Waals surface area contributed by atoms with Crippen LogP contribution in [0.1, 0.15) is 21.6 Å². The first-order chi connectivity index (χ1) is 19.9. The number of nitrogens with zero attached hydrogens (tertiary/aromatic N) is 2. The normalized spacial score (nSPS) is 10.8. The van der Waals surface area contributed by atoms with Crippen LogP contribution in [-0.4, -0.2) is 42.0 Å². The SMILES string of the molecule is COc1cc(-c2c(C(=O)O)n(Cc3cccnc3)c(=O)c3cc(OCc4ccccc4)ccc23)cc(OC)c1OC. The van der Waals surface area contributed by atoms with Crippen molar-refractivity contribution in [3.63, 3.8) is 0 Å². The van der Waals surface area contributed by atoms with Crippen molar-refractivity contribution >= 4 is 16.7 Å². The van der Waals surface area contributed by atoms with Crippen LogP contribution in [-0.2, 0) is 13.2 Å². The summed E-state index contributed by atoms with van der Waals surface area (Å²) in [4.78, 5) is 31.0. The van der Waals surface area contributed by atoms with Gasteiger partial charge < -0.3 is 24.1 Å². The number of aromatic nitrogens is 2. The molecule has 0 fully saturated rings. The van der Waals surface area contributed by atoms with Crippen LogP contribution in [0.5, 0.6) is 23.0 Å². The molecule has 5 rings (SSSR count). The molecule has 0 aliphatic heterocycles. The number of rotatable bonds is 10. The van der Waals surface area contributed by atoms with E-state index >= 15 is 0 Å². The molecule has 0 bridgehead atoms. The molecule has 41 heavy (non-hydrogen) atoms. The van der Waals surface area contributed by atoms with Crippen molar-refractivity contribution in [2.75, 3.05) is 21.3 Å². The maximum absolute atomic E-state index is 14.0. The Hall–Kier alpha value is -5.31. The summed E-state index contributed by atoms with van der Waals surface area (Å²) in [6, 6.07) is 21.6. The van der Waals surface area contributed by atoms with Crippen LogP contribution in [0.4, 0.5) is 0 Å². The summed E-state index contributed by atoms with van der Waals surface area (Å²) in [6.45, 7) is 0.305. The van der Waals surface area contributed by atoms with Crippen LogP contribution < -0.4 is 24.5 Å². The molecule has 0 atom stereocenters. The van der Waals surface area contributed by atoms with Crippen molar-refractivity contribution in [2.45, 2.75) is 13.2 Å². The molecular weight excluding hydrogens is 524 g/mol. The van der Waals surface area contributed by atoms with Gasteiger partial charge in [0.15, 0.2) is 11.5 Å². The lowest BCUT2D eigenvalue weighted by Crippen LogP contribution is -2.28. The van der Waals surface area contributed by atoms with Crippen molar-refractivity contribution in [3.05, 3.63) is 112 Å². The molecule has 3 aromatic carbocycles. The minimum atomic E-state index is -1.26. The first-order valence-electron chi connectivity index (χ1n) is 12.7. The fourth-order valence-electron chi connectivity index (χ4n) is 4.82. The van der Waals surface area contributed by atoms with Crippen molar-refractivity contribution in [1.82, 2.24) is 9.55 Å². The number of hydrogen-bond acceptors (Lipinski definition) is 7. The summed E-state index contributed by atoms with van der Waals surface area (Å²) in [5.41, 5.74) is 1.79. The Balaban J connectivity index is 1.78. The fourth-order valence-corrected chi connectivity index (χ4v) is 4.82. The molecule has 9 nitrogen and oxygen atoms in total. The van der Waals surface area contributed by atoms with E-state index in [4.69, 9.17) is 18.9 Å². The number of benzene rings is 3. The minimum Gasteiger partial charge on any atom is -0.493 e. The molecule has 0 unspecified atom stereocenters. The van der Waals surface area contributed by atoms with Gasteiger partial charge in [-0.05, 0) is 58.5 Å². The molecule has 2 aromatic heterocycles. The van der Waals surface area contributed by atoms with Gasteiger partial charge in [0.25, 0.3) is 5.56 Å². The fraction of sp³-hybridized carbons (Fsp3) is 0.156. The molecule has 0 amide bonds. The molecule has 9 heteroatoms. The summed E-state index contributed by atoms with van der Waals surface area (Å²) in [7, 11) is 4.46. The van der Waals surface area contributed by atoms with Gasteiger partial charge in [0, 0.05) is 18.0 Å². The van der Waals surface area contributed by atoms with Crippen molar-refractivity contribution < 1.29 is 28.8 Å². The molecular formula is C32H28N2O7. The van der Waals surface area contributed by atoms with Crippen LogP contribution in [0.2, 0.25) is 0 Å². The third kappa shape index (κ3) is 5.42. The van der Waals surface area contributed by atoms with Crippen LogP contribution in [0.25, 0.3) is 21.9 Å². The van der Waals surface area contributed by atoms with Crippen molar-refractivity contribution in [1.29, 1.82) is 0 Å². The molecule has 1 N–H and O–H groups in total. The summed E-state index contributed by atoms with van der Waals surface area (Å²) < 4.78 is 23.8. The average molecular weight is 553 g/mol. The van der Waals surface area contributed by atoms with E-state index in [-0.39, 0.29) is 12.2 Å². The van der Waals surface area contributed by atoms with Gasteiger partial charge in [0.05, 0.1) is 33.3 Å². The van der Waals surface area contributed by atoms with E-state index in [0.29, 0.717) is 57.1 Å². The third-order valence-corrected chi connectivity index (χ3v) is 6.71. The molecule has 2 heterocycles. The summed E-state index contributed by atoms with van der Waals surface area (Å²) in [5, 5.41) is 11.2. The van der Waals surface area contributed by atoms with Gasteiger partial charge in [-0.3, -0.25) is 14.3 Å². The van der Waals surface area contributed by atoms with Crippen LogP contribution in [0.3, 0.4) is 0 Å². The Morgan fingerprint density at radius 1 is 0.854 bits per heavy atom. The lowest BCUT2D eigenvalue weighted by atomic mass is 9.95. The highest BCUT2D eigenvalue weighted by molar-refractivity contribution is 6.07. The third-order valence-electron chi connectivity index (χ3n) is 6.71. The second-order valence-corrected chi connectivity index (χ2v) is 9.18. The molecule has 0 spiro atoms. The van der Waals surface area contributed by atoms with Crippen LogP contribution >= 0.6 is 0 Å². The van der Waals surface area contributed by atoms with E-state index in [2.05, 4.69) is 4.98 Å². The zero-order valence-electron chi connectivity index (χ0n) is 22.8. The molecule has 0 radical (unpaired) electrons. The van der Waals surface area contributed by atoms with E-state index in [1.165, 1.54) is 25.9 Å². The van der Waals surface area contributed by atoms with Crippen LogP contribution in [0.15, 0.2) is 90.0 Å². The minimum absolute atomic E-state index is 0.00320. The molecule has 0 aliphatic rings. The predicted octanol–water partition coefficient (Wildman–Crippen LogP) is 5.41. The average Bonchev–Trinajstić information content (AvgIpc) is 3.01. The Kier molecular flexibility index (Phi) is 7.87. The second-order valence-electron chi connectivity index (χ2n) is 9.18. The Bertz CT molecular complexity index is 1740. The van der Waals surface area contributed by atoms with E-state index in [1.807, 2.05) is 30.3 Å². The first-order valence-corrected chi connectivity index (χ1v) is 12.7. The molecule has 0 saturated heterocycles. The zero-order chi connectivity index (χ0) is 28.9.